The van der Waals surface area contributed by atoms with Crippen molar-refractivity contribution in [2.24, 2.45) is 44.8 Å². The van der Waals surface area contributed by atoms with Crippen LogP contribution in [0.1, 0.15) is 111 Å². The minimum Gasteiger partial charge on any atom is -0.469 e. The molecule has 0 aliphatic heterocycles. The fourth-order valence-electron chi connectivity index (χ4n) is 11.1. The smallest absolute Gasteiger partial charge is 0.311 e. The van der Waals surface area contributed by atoms with Gasteiger partial charge in [-0.1, -0.05) is 58.3 Å². The van der Waals surface area contributed by atoms with E-state index in [1.54, 1.807) is 12.7 Å². The predicted molar refractivity (Wildman–Crippen MR) is 141 cm³/mol. The van der Waals surface area contributed by atoms with Gasteiger partial charge in [0.1, 0.15) is 5.76 Å². The summed E-state index contributed by atoms with van der Waals surface area (Å²) in [4.78, 5) is 12.9. The van der Waals surface area contributed by atoms with E-state index >= 15 is 0 Å². The van der Waals surface area contributed by atoms with Gasteiger partial charge >= 0.3 is 5.97 Å². The van der Waals surface area contributed by atoms with Gasteiger partial charge in [0.25, 0.3) is 0 Å². The average Bonchev–Trinajstić information content (AvgIpc) is 3.29. The van der Waals surface area contributed by atoms with Crippen LogP contribution in [-0.2, 0) is 21.4 Å². The van der Waals surface area contributed by atoms with Crippen molar-refractivity contribution in [2.45, 2.75) is 112 Å². The molecule has 36 heavy (non-hydrogen) atoms. The van der Waals surface area contributed by atoms with Crippen LogP contribution in [0.25, 0.3) is 0 Å². The van der Waals surface area contributed by atoms with E-state index in [-0.39, 0.29) is 33.0 Å². The first-order chi connectivity index (χ1) is 16.8. The minimum atomic E-state index is -0.364. The second-order valence-electron chi connectivity index (χ2n) is 15.3. The standard InChI is InChI=1S/C32H47NO3/c1-27(2)23-11-12-32(7)24(30(23,5)17-20-19-33-36-25(20)27)10-9-21-22-18-29(4,26(34)35-8)14-13-28(22,3)15-16-31(21,32)6/h9,19,22-24H,10-18H2,1-8H3/t22-,23-,24+,28+,29-,30-,31+,32+/m0/s1. The quantitative estimate of drug-likeness (QED) is 0.298. The van der Waals surface area contributed by atoms with Crippen LogP contribution in [0.2, 0.25) is 0 Å². The number of esters is 1. The lowest BCUT2D eigenvalue weighted by Gasteiger charge is -2.70. The summed E-state index contributed by atoms with van der Waals surface area (Å²) in [5, 5.41) is 4.25. The van der Waals surface area contributed by atoms with Crippen molar-refractivity contribution in [1.29, 1.82) is 0 Å². The highest BCUT2D eigenvalue weighted by Gasteiger charge is 2.68. The van der Waals surface area contributed by atoms with Crippen molar-refractivity contribution >= 4 is 5.97 Å². The molecule has 0 radical (unpaired) electrons. The zero-order valence-electron chi connectivity index (χ0n) is 23.9. The lowest BCUT2D eigenvalue weighted by Crippen LogP contribution is -2.64. The first-order valence-electron chi connectivity index (χ1n) is 14.5. The van der Waals surface area contributed by atoms with Gasteiger partial charge in [-0.25, -0.2) is 0 Å². The molecule has 0 amide bonds. The summed E-state index contributed by atoms with van der Waals surface area (Å²) in [6, 6.07) is 0. The molecule has 5 aliphatic rings. The lowest BCUT2D eigenvalue weighted by atomic mass is 9.34. The van der Waals surface area contributed by atoms with Crippen LogP contribution in [-0.4, -0.2) is 18.2 Å². The summed E-state index contributed by atoms with van der Waals surface area (Å²) in [6.07, 6.45) is 15.0. The van der Waals surface area contributed by atoms with Gasteiger partial charge in [-0.15, -0.1) is 0 Å². The van der Waals surface area contributed by atoms with Crippen LogP contribution in [0.3, 0.4) is 0 Å². The van der Waals surface area contributed by atoms with Crippen LogP contribution in [0, 0.1) is 44.8 Å². The normalized spacial score (nSPS) is 48.9. The summed E-state index contributed by atoms with van der Waals surface area (Å²) < 4.78 is 11.2. The molecule has 1 aromatic rings. The summed E-state index contributed by atoms with van der Waals surface area (Å²) >= 11 is 0. The SMILES string of the molecule is COC(=O)[C@@]1(C)CC[C@]2(C)CC[C@]3(C)C(=CC[C@@H]4[C@@]5(C)Cc6cnoc6C(C)(C)[C@@H]5CC[C@]43C)[C@@H]2C1. The lowest BCUT2D eigenvalue weighted by molar-refractivity contribution is -0.168. The van der Waals surface area contributed by atoms with Crippen molar-refractivity contribution in [1.82, 2.24) is 5.16 Å². The van der Waals surface area contributed by atoms with Crippen LogP contribution >= 0.6 is 0 Å². The maximum atomic E-state index is 12.9. The molecule has 1 heterocycles. The minimum absolute atomic E-state index is 0.0145. The molecule has 3 fully saturated rings. The van der Waals surface area contributed by atoms with Gasteiger partial charge in [0.2, 0.25) is 0 Å². The Morgan fingerprint density at radius 3 is 2.44 bits per heavy atom. The van der Waals surface area contributed by atoms with Gasteiger partial charge in [0, 0.05) is 11.0 Å². The third kappa shape index (κ3) is 2.83. The van der Waals surface area contributed by atoms with E-state index in [2.05, 4.69) is 59.7 Å². The van der Waals surface area contributed by atoms with Gasteiger partial charge < -0.3 is 9.26 Å². The molecule has 4 heteroatoms. The van der Waals surface area contributed by atoms with Gasteiger partial charge in [-0.05, 0) is 104 Å². The molecule has 3 saturated carbocycles. The van der Waals surface area contributed by atoms with E-state index in [1.807, 2.05) is 6.20 Å². The molecule has 8 atom stereocenters. The summed E-state index contributed by atoms with van der Waals surface area (Å²) in [5.74, 6) is 2.83. The summed E-state index contributed by atoms with van der Waals surface area (Å²) in [6.45, 7) is 17.3. The van der Waals surface area contributed by atoms with E-state index in [4.69, 9.17) is 9.26 Å². The van der Waals surface area contributed by atoms with Crippen molar-refractivity contribution in [3.8, 4) is 0 Å². The molecule has 0 unspecified atom stereocenters. The Labute approximate surface area is 218 Å². The fraction of sp³-hybridized carbons (Fsp3) is 0.812. The number of ether oxygens (including phenoxy) is 1. The van der Waals surface area contributed by atoms with E-state index in [1.165, 1.54) is 31.2 Å². The maximum absolute atomic E-state index is 12.9. The zero-order chi connectivity index (χ0) is 25.9. The number of fused-ring (bicyclic) bond motifs is 8. The molecule has 0 aromatic carbocycles. The second kappa shape index (κ2) is 7.29. The Bertz CT molecular complexity index is 1130. The first-order valence-corrected chi connectivity index (χ1v) is 14.5. The number of rotatable bonds is 1. The average molecular weight is 494 g/mol. The van der Waals surface area contributed by atoms with Gasteiger partial charge in [-0.3, -0.25) is 4.79 Å². The summed E-state index contributed by atoms with van der Waals surface area (Å²) in [7, 11) is 1.56. The molecule has 0 saturated heterocycles. The van der Waals surface area contributed by atoms with Gasteiger partial charge in [0.15, 0.2) is 0 Å². The number of methoxy groups -OCH3 is 1. The Hall–Kier alpha value is -1.58. The highest BCUT2D eigenvalue weighted by atomic mass is 16.5. The molecule has 6 rings (SSSR count). The Morgan fingerprint density at radius 2 is 1.72 bits per heavy atom. The van der Waals surface area contributed by atoms with Crippen LogP contribution in [0.15, 0.2) is 22.4 Å². The number of nitrogens with zero attached hydrogens (tertiary/aromatic N) is 1. The highest BCUT2D eigenvalue weighted by molar-refractivity contribution is 5.76. The third-order valence-corrected chi connectivity index (χ3v) is 13.5. The van der Waals surface area contributed by atoms with Gasteiger partial charge in [0.05, 0.1) is 18.7 Å². The number of aromatic nitrogens is 1. The Kier molecular flexibility index (Phi) is 5.01. The largest absolute Gasteiger partial charge is 0.469 e. The summed E-state index contributed by atoms with van der Waals surface area (Å²) in [5.41, 5.74) is 3.64. The van der Waals surface area contributed by atoms with Crippen molar-refractivity contribution in [3.63, 3.8) is 0 Å². The number of hydrogen-bond acceptors (Lipinski definition) is 4. The highest BCUT2D eigenvalue weighted by Crippen LogP contribution is 2.75. The molecule has 0 bridgehead atoms. The van der Waals surface area contributed by atoms with E-state index in [9.17, 15) is 4.79 Å². The van der Waals surface area contributed by atoms with Gasteiger partial charge in [-0.2, -0.15) is 0 Å². The molecule has 0 spiro atoms. The maximum Gasteiger partial charge on any atom is 0.311 e. The monoisotopic (exact) mass is 493 g/mol. The van der Waals surface area contributed by atoms with Crippen LogP contribution in [0.4, 0.5) is 0 Å². The zero-order valence-corrected chi connectivity index (χ0v) is 23.9. The molecule has 0 N–H and O–H groups in total. The van der Waals surface area contributed by atoms with Crippen molar-refractivity contribution in [2.75, 3.05) is 7.11 Å². The van der Waals surface area contributed by atoms with E-state index in [0.717, 1.165) is 37.9 Å². The Morgan fingerprint density at radius 1 is 1.00 bits per heavy atom. The van der Waals surface area contributed by atoms with Crippen molar-refractivity contribution < 1.29 is 14.1 Å². The topological polar surface area (TPSA) is 52.3 Å². The first kappa shape index (κ1) is 24.7. The number of carbonyl (C=O) groups excluding carboxylic acids is 1. The molecular weight excluding hydrogens is 446 g/mol. The van der Waals surface area contributed by atoms with Crippen LogP contribution < -0.4 is 0 Å². The van der Waals surface area contributed by atoms with Crippen molar-refractivity contribution in [3.05, 3.63) is 29.2 Å². The molecule has 4 nitrogen and oxygen atoms in total. The van der Waals surface area contributed by atoms with E-state index in [0.29, 0.717) is 23.2 Å². The molecule has 5 aliphatic carbocycles. The van der Waals surface area contributed by atoms with E-state index < -0.39 is 0 Å². The second-order valence-corrected chi connectivity index (χ2v) is 15.3. The number of carbonyl (C=O) groups is 1. The van der Waals surface area contributed by atoms with Crippen LogP contribution in [0.5, 0.6) is 0 Å². The number of hydrogen-bond donors (Lipinski definition) is 0. The molecule has 198 valence electrons. The molecule has 1 aromatic heterocycles. The number of allylic oxidation sites excluding steroid dienone is 2. The Balaban J connectivity index is 1.43. The third-order valence-electron chi connectivity index (χ3n) is 13.5. The molecular formula is C32H47NO3. The fourth-order valence-corrected chi connectivity index (χ4v) is 11.1. The predicted octanol–water partition coefficient (Wildman–Crippen LogP) is 7.66.